The van der Waals surface area contributed by atoms with E-state index in [1.807, 2.05) is 60.4 Å². The zero-order valence-electron chi connectivity index (χ0n) is 14.0. The Kier molecular flexibility index (Phi) is 4.33. The Morgan fingerprint density at radius 1 is 1.26 bits per heavy atom. The summed E-state index contributed by atoms with van der Waals surface area (Å²) >= 11 is 0. The van der Waals surface area contributed by atoms with E-state index in [4.69, 9.17) is 0 Å². The second-order valence-electron chi connectivity index (χ2n) is 6.32. The largest absolute Gasteiger partial charge is 0.363 e. The number of amides is 1. The molecule has 0 spiro atoms. The predicted molar refractivity (Wildman–Crippen MR) is 92.8 cm³/mol. The molecule has 0 aliphatic carbocycles. The average Bonchev–Trinajstić information content (AvgIpc) is 3.04. The molecule has 2 heterocycles. The standard InChI is InChI=1S/C19H23N3O/c1-14-12-18(21(2)3)20-13-16(14)17-10-7-11-22(17)19(23)15-8-5-4-6-9-15/h4-6,8-9,12-13,17H,7,10-11H2,1-3H3. The third-order valence-corrected chi connectivity index (χ3v) is 4.49. The molecule has 0 N–H and O–H groups in total. The van der Waals surface area contributed by atoms with Gasteiger partial charge in [-0.2, -0.15) is 0 Å². The van der Waals surface area contributed by atoms with Crippen molar-refractivity contribution < 1.29 is 4.79 Å². The van der Waals surface area contributed by atoms with Crippen LogP contribution in [0.4, 0.5) is 5.82 Å². The van der Waals surface area contributed by atoms with Crippen LogP contribution in [0.25, 0.3) is 0 Å². The number of carbonyl (C=O) groups excluding carboxylic acids is 1. The first-order chi connectivity index (χ1) is 11.1. The smallest absolute Gasteiger partial charge is 0.254 e. The lowest BCUT2D eigenvalue weighted by Gasteiger charge is -2.26. The van der Waals surface area contributed by atoms with E-state index in [1.165, 1.54) is 5.56 Å². The van der Waals surface area contributed by atoms with Gasteiger partial charge in [-0.1, -0.05) is 18.2 Å². The number of likely N-dealkylation sites (tertiary alicyclic amines) is 1. The number of pyridine rings is 1. The Balaban J connectivity index is 1.89. The van der Waals surface area contributed by atoms with Gasteiger partial charge in [0.05, 0.1) is 6.04 Å². The number of rotatable bonds is 3. The van der Waals surface area contributed by atoms with Gasteiger partial charge in [-0.05, 0) is 49.1 Å². The Morgan fingerprint density at radius 2 is 2.00 bits per heavy atom. The first kappa shape index (κ1) is 15.5. The van der Waals surface area contributed by atoms with Crippen molar-refractivity contribution in [3.8, 4) is 0 Å². The molecule has 0 radical (unpaired) electrons. The van der Waals surface area contributed by atoms with Gasteiger partial charge in [0.15, 0.2) is 0 Å². The summed E-state index contributed by atoms with van der Waals surface area (Å²) in [5.41, 5.74) is 3.12. The highest BCUT2D eigenvalue weighted by atomic mass is 16.2. The van der Waals surface area contributed by atoms with Gasteiger partial charge < -0.3 is 9.80 Å². The zero-order valence-corrected chi connectivity index (χ0v) is 14.0. The number of benzene rings is 1. The number of carbonyl (C=O) groups is 1. The maximum Gasteiger partial charge on any atom is 0.254 e. The highest BCUT2D eigenvalue weighted by molar-refractivity contribution is 5.94. The van der Waals surface area contributed by atoms with Crippen LogP contribution in [0.3, 0.4) is 0 Å². The summed E-state index contributed by atoms with van der Waals surface area (Å²) in [6.07, 6.45) is 3.98. The van der Waals surface area contributed by atoms with Gasteiger partial charge >= 0.3 is 0 Å². The molecule has 1 unspecified atom stereocenters. The molecule has 1 aliphatic rings. The van der Waals surface area contributed by atoms with Crippen LogP contribution >= 0.6 is 0 Å². The second-order valence-corrected chi connectivity index (χ2v) is 6.32. The third-order valence-electron chi connectivity index (χ3n) is 4.49. The highest BCUT2D eigenvalue weighted by Crippen LogP contribution is 2.35. The molecule has 1 atom stereocenters. The molecule has 0 saturated carbocycles. The van der Waals surface area contributed by atoms with Gasteiger partial charge in [0.1, 0.15) is 5.82 Å². The molecule has 3 rings (SSSR count). The molecule has 0 bridgehead atoms. The minimum absolute atomic E-state index is 0.115. The molecule has 4 nitrogen and oxygen atoms in total. The first-order valence-corrected chi connectivity index (χ1v) is 8.08. The zero-order chi connectivity index (χ0) is 16.4. The maximum absolute atomic E-state index is 12.8. The quantitative estimate of drug-likeness (QED) is 0.871. The lowest BCUT2D eigenvalue weighted by Crippen LogP contribution is -2.31. The summed E-state index contributed by atoms with van der Waals surface area (Å²) in [6, 6.07) is 11.8. The van der Waals surface area contributed by atoms with Crippen molar-refractivity contribution in [1.29, 1.82) is 0 Å². The van der Waals surface area contributed by atoms with Crippen LogP contribution in [0.1, 0.15) is 40.4 Å². The lowest BCUT2D eigenvalue weighted by molar-refractivity contribution is 0.0735. The molecule has 1 aromatic heterocycles. The number of anilines is 1. The van der Waals surface area contributed by atoms with Crippen molar-refractivity contribution in [3.63, 3.8) is 0 Å². The predicted octanol–water partition coefficient (Wildman–Crippen LogP) is 3.43. The second kappa shape index (κ2) is 6.41. The minimum Gasteiger partial charge on any atom is -0.363 e. The van der Waals surface area contributed by atoms with Gasteiger partial charge in [0.25, 0.3) is 5.91 Å². The van der Waals surface area contributed by atoms with Gasteiger partial charge in [-0.25, -0.2) is 4.98 Å². The van der Waals surface area contributed by atoms with E-state index >= 15 is 0 Å². The number of nitrogens with zero attached hydrogens (tertiary/aromatic N) is 3. The van der Waals surface area contributed by atoms with E-state index in [-0.39, 0.29) is 11.9 Å². The summed E-state index contributed by atoms with van der Waals surface area (Å²) in [7, 11) is 3.98. The summed E-state index contributed by atoms with van der Waals surface area (Å²) < 4.78 is 0. The van der Waals surface area contributed by atoms with Crippen LogP contribution in [-0.4, -0.2) is 36.4 Å². The Morgan fingerprint density at radius 3 is 2.65 bits per heavy atom. The van der Waals surface area contributed by atoms with Crippen molar-refractivity contribution in [2.75, 3.05) is 25.5 Å². The van der Waals surface area contributed by atoms with Crippen LogP contribution in [-0.2, 0) is 0 Å². The Labute approximate surface area is 137 Å². The van der Waals surface area contributed by atoms with E-state index in [1.54, 1.807) is 0 Å². The van der Waals surface area contributed by atoms with Gasteiger partial charge in [-0.15, -0.1) is 0 Å². The Bertz CT molecular complexity index is 697. The number of aromatic nitrogens is 1. The fourth-order valence-electron chi connectivity index (χ4n) is 3.22. The van der Waals surface area contributed by atoms with E-state index < -0.39 is 0 Å². The molecule has 1 aliphatic heterocycles. The summed E-state index contributed by atoms with van der Waals surface area (Å²) in [4.78, 5) is 21.3. The molecule has 1 amide bonds. The fraction of sp³-hybridized carbons (Fsp3) is 0.368. The summed E-state index contributed by atoms with van der Waals surface area (Å²) in [5, 5.41) is 0. The average molecular weight is 309 g/mol. The van der Waals surface area contributed by atoms with Crippen LogP contribution in [0.15, 0.2) is 42.6 Å². The number of hydrogen-bond acceptors (Lipinski definition) is 3. The first-order valence-electron chi connectivity index (χ1n) is 8.08. The number of aryl methyl sites for hydroxylation is 1. The molecule has 1 aromatic carbocycles. The molecule has 23 heavy (non-hydrogen) atoms. The van der Waals surface area contributed by atoms with Crippen molar-refractivity contribution in [3.05, 3.63) is 59.3 Å². The highest BCUT2D eigenvalue weighted by Gasteiger charge is 2.31. The summed E-state index contributed by atoms with van der Waals surface area (Å²) in [6.45, 7) is 2.92. The molecule has 2 aromatic rings. The van der Waals surface area contributed by atoms with Crippen molar-refractivity contribution >= 4 is 11.7 Å². The van der Waals surface area contributed by atoms with Gasteiger partial charge in [-0.3, -0.25) is 4.79 Å². The van der Waals surface area contributed by atoms with Crippen LogP contribution < -0.4 is 4.90 Å². The van der Waals surface area contributed by atoms with E-state index in [0.29, 0.717) is 0 Å². The van der Waals surface area contributed by atoms with Gasteiger partial charge in [0, 0.05) is 32.4 Å². The van der Waals surface area contributed by atoms with Crippen molar-refractivity contribution in [2.45, 2.75) is 25.8 Å². The van der Waals surface area contributed by atoms with Crippen molar-refractivity contribution in [1.82, 2.24) is 9.88 Å². The van der Waals surface area contributed by atoms with E-state index in [2.05, 4.69) is 18.0 Å². The monoisotopic (exact) mass is 309 g/mol. The maximum atomic E-state index is 12.8. The minimum atomic E-state index is 0.115. The fourth-order valence-corrected chi connectivity index (χ4v) is 3.22. The third kappa shape index (κ3) is 3.07. The van der Waals surface area contributed by atoms with Gasteiger partial charge in [0.2, 0.25) is 0 Å². The van der Waals surface area contributed by atoms with Crippen LogP contribution in [0.5, 0.6) is 0 Å². The lowest BCUT2D eigenvalue weighted by atomic mass is 10.0. The Hall–Kier alpha value is -2.36. The SMILES string of the molecule is Cc1cc(N(C)C)ncc1C1CCCN1C(=O)c1ccccc1. The van der Waals surface area contributed by atoms with Crippen LogP contribution in [0.2, 0.25) is 0 Å². The van der Waals surface area contributed by atoms with E-state index in [9.17, 15) is 4.79 Å². The molecule has 120 valence electrons. The molecule has 1 saturated heterocycles. The molecular weight excluding hydrogens is 286 g/mol. The van der Waals surface area contributed by atoms with Crippen molar-refractivity contribution in [2.24, 2.45) is 0 Å². The van der Waals surface area contributed by atoms with Crippen LogP contribution in [0, 0.1) is 6.92 Å². The molecular formula is C19H23N3O. The summed E-state index contributed by atoms with van der Waals surface area (Å²) in [5.74, 6) is 1.06. The van der Waals surface area contributed by atoms with E-state index in [0.717, 1.165) is 36.3 Å². The normalized spacial score (nSPS) is 17.3. The molecule has 4 heteroatoms. The number of hydrogen-bond donors (Lipinski definition) is 0. The topological polar surface area (TPSA) is 36.4 Å². The molecule has 1 fully saturated rings.